The number of carbonyl (C=O) groups excluding carboxylic acids is 4. The predicted octanol–water partition coefficient (Wildman–Crippen LogP) is 0.982. The van der Waals surface area contributed by atoms with Crippen molar-refractivity contribution in [3.05, 3.63) is 58.1 Å². The lowest BCUT2D eigenvalue weighted by Gasteiger charge is -2.29. The van der Waals surface area contributed by atoms with Crippen LogP contribution in [0.4, 0.5) is 0 Å². The van der Waals surface area contributed by atoms with E-state index in [0.29, 0.717) is 0 Å². The highest BCUT2D eigenvalue weighted by molar-refractivity contribution is 5.96. The highest BCUT2D eigenvalue weighted by Gasteiger charge is 2.42. The third-order valence-electron chi connectivity index (χ3n) is 5.29. The third kappa shape index (κ3) is 5.91. The number of carbonyl (C=O) groups is 4. The van der Waals surface area contributed by atoms with E-state index in [1.165, 1.54) is 6.92 Å². The summed E-state index contributed by atoms with van der Waals surface area (Å²) in [6, 6.07) is 7.65. The summed E-state index contributed by atoms with van der Waals surface area (Å²) in [7, 11) is 0. The summed E-state index contributed by atoms with van der Waals surface area (Å²) in [5.74, 6) is -4.58. The van der Waals surface area contributed by atoms with E-state index >= 15 is 0 Å². The summed E-state index contributed by atoms with van der Waals surface area (Å²) in [4.78, 5) is 62.2. The third-order valence-corrected chi connectivity index (χ3v) is 5.29. The van der Waals surface area contributed by atoms with E-state index in [4.69, 9.17) is 14.2 Å². The van der Waals surface area contributed by atoms with Gasteiger partial charge in [0.1, 0.15) is 30.5 Å². The van der Waals surface area contributed by atoms with Crippen molar-refractivity contribution >= 4 is 23.8 Å². The first-order valence-electron chi connectivity index (χ1n) is 10.8. The summed E-state index contributed by atoms with van der Waals surface area (Å²) in [5.41, 5.74) is -0.363. The van der Waals surface area contributed by atoms with Crippen LogP contribution in [0.5, 0.6) is 0 Å². The van der Waals surface area contributed by atoms with Gasteiger partial charge in [-0.05, 0) is 18.9 Å². The fraction of sp³-hybridized carbons (Fsp3) is 0.435. The molecule has 0 radical (unpaired) electrons. The van der Waals surface area contributed by atoms with E-state index in [-0.39, 0.29) is 12.0 Å². The average Bonchev–Trinajstić information content (AvgIpc) is 3.25. The van der Waals surface area contributed by atoms with Gasteiger partial charge in [0.05, 0.1) is 5.92 Å². The molecule has 11 nitrogen and oxygen atoms in total. The van der Waals surface area contributed by atoms with E-state index in [9.17, 15) is 24.0 Å². The van der Waals surface area contributed by atoms with Crippen LogP contribution in [0.1, 0.15) is 36.7 Å². The molecule has 1 aromatic carbocycles. The largest absolute Gasteiger partial charge is 0.463 e. The molecule has 1 saturated heterocycles. The Kier molecular flexibility index (Phi) is 7.87. The van der Waals surface area contributed by atoms with E-state index < -0.39 is 66.1 Å². The summed E-state index contributed by atoms with van der Waals surface area (Å²) < 4.78 is 21.0. The number of benzene rings is 1. The van der Waals surface area contributed by atoms with Crippen LogP contribution in [0, 0.1) is 11.8 Å². The quantitative estimate of drug-likeness (QED) is 0.460. The van der Waals surface area contributed by atoms with Crippen LogP contribution in [0.15, 0.2) is 45.9 Å². The number of aromatic nitrogens is 1. The maximum absolute atomic E-state index is 13.1. The molecule has 0 spiro atoms. The molecule has 0 bridgehead atoms. The lowest BCUT2D eigenvalue weighted by Crippen LogP contribution is -2.47. The van der Waals surface area contributed by atoms with E-state index in [0.717, 1.165) is 11.8 Å². The number of cyclic esters (lactones) is 2. The molecule has 2 heterocycles. The Morgan fingerprint density at radius 3 is 2.47 bits per heavy atom. The number of amides is 1. The Balaban J connectivity index is 1.87. The van der Waals surface area contributed by atoms with Crippen molar-refractivity contribution in [3.63, 3.8) is 0 Å². The number of hydrogen-bond acceptors (Lipinski definition) is 9. The van der Waals surface area contributed by atoms with Crippen molar-refractivity contribution in [2.45, 2.75) is 45.4 Å². The maximum Gasteiger partial charge on any atom is 0.332 e. The maximum atomic E-state index is 13.1. The standard InChI is InChI=1S/C23H26N2O9/c1-12(2)21(28)34-18-13(3)33-23(30)17(24-19(26)16-10-32-25-20(16)27)11-31-22(29)15(18)9-14-7-5-4-6-8-14/h4-8,10,12-13,15,17-18H,9,11H2,1-3H3,(H,24,26)(H,25,27)/t13-,15+,17-,18?/m0/s1. The molecule has 3 rings (SSSR count). The molecule has 34 heavy (non-hydrogen) atoms. The monoisotopic (exact) mass is 474 g/mol. The van der Waals surface area contributed by atoms with Crippen molar-refractivity contribution in [2.24, 2.45) is 11.8 Å². The van der Waals surface area contributed by atoms with Gasteiger partial charge in [0.15, 0.2) is 12.1 Å². The molecule has 11 heteroatoms. The molecule has 1 amide bonds. The Hall–Kier alpha value is -3.89. The van der Waals surface area contributed by atoms with E-state index in [1.807, 2.05) is 23.4 Å². The van der Waals surface area contributed by atoms with Crippen LogP contribution >= 0.6 is 0 Å². The Morgan fingerprint density at radius 2 is 1.85 bits per heavy atom. The number of hydrogen-bond donors (Lipinski definition) is 2. The summed E-state index contributed by atoms with van der Waals surface area (Å²) in [6.07, 6.45) is -1.10. The van der Waals surface area contributed by atoms with Gasteiger partial charge >= 0.3 is 17.9 Å². The van der Waals surface area contributed by atoms with E-state index in [2.05, 4.69) is 9.84 Å². The highest BCUT2D eigenvalue weighted by atomic mass is 16.6. The van der Waals surface area contributed by atoms with Crippen LogP contribution in [-0.2, 0) is 35.0 Å². The SMILES string of the molecule is CC(C)C(=O)OC1[C@H](C)OC(=O)[C@@H](NC(=O)c2co[nH]c2=O)COC(=O)[C@@H]1Cc1ccccc1. The molecule has 1 unspecified atom stereocenters. The number of nitrogens with one attached hydrogen (secondary N) is 2. The smallest absolute Gasteiger partial charge is 0.332 e. The zero-order chi connectivity index (χ0) is 24.8. The second-order valence-corrected chi connectivity index (χ2v) is 8.23. The zero-order valence-electron chi connectivity index (χ0n) is 18.9. The van der Waals surface area contributed by atoms with Crippen LogP contribution in [-0.4, -0.2) is 53.8 Å². The van der Waals surface area contributed by atoms with Gasteiger partial charge in [0.25, 0.3) is 11.5 Å². The number of aromatic amines is 1. The lowest BCUT2D eigenvalue weighted by atomic mass is 9.91. The number of rotatable bonds is 6. The van der Waals surface area contributed by atoms with Crippen molar-refractivity contribution < 1.29 is 37.9 Å². The van der Waals surface area contributed by atoms with Crippen molar-refractivity contribution in [1.82, 2.24) is 10.5 Å². The van der Waals surface area contributed by atoms with Crippen LogP contribution in [0.2, 0.25) is 0 Å². The normalized spacial score (nSPS) is 23.2. The predicted molar refractivity (Wildman–Crippen MR) is 115 cm³/mol. The Morgan fingerprint density at radius 1 is 1.15 bits per heavy atom. The minimum Gasteiger partial charge on any atom is -0.463 e. The highest BCUT2D eigenvalue weighted by Crippen LogP contribution is 2.24. The van der Waals surface area contributed by atoms with Gasteiger partial charge < -0.3 is 24.1 Å². The summed E-state index contributed by atoms with van der Waals surface area (Å²) in [6.45, 7) is 4.23. The number of esters is 3. The van der Waals surface area contributed by atoms with Crippen LogP contribution in [0.3, 0.4) is 0 Å². The molecule has 0 aliphatic carbocycles. The van der Waals surface area contributed by atoms with Gasteiger partial charge in [-0.25, -0.2) is 4.79 Å². The van der Waals surface area contributed by atoms with Crippen LogP contribution in [0.25, 0.3) is 0 Å². The second kappa shape index (κ2) is 10.8. The molecule has 1 aliphatic rings. The molecular weight excluding hydrogens is 448 g/mol. The van der Waals surface area contributed by atoms with Crippen molar-refractivity contribution in [1.29, 1.82) is 0 Å². The minimum absolute atomic E-state index is 0.166. The van der Waals surface area contributed by atoms with Gasteiger partial charge in [-0.1, -0.05) is 44.2 Å². The first-order valence-corrected chi connectivity index (χ1v) is 10.8. The summed E-state index contributed by atoms with van der Waals surface area (Å²) >= 11 is 0. The molecule has 1 fully saturated rings. The fourth-order valence-corrected chi connectivity index (χ4v) is 3.39. The van der Waals surface area contributed by atoms with Crippen molar-refractivity contribution in [3.8, 4) is 0 Å². The first kappa shape index (κ1) is 24.7. The minimum atomic E-state index is -1.40. The Bertz CT molecular complexity index is 1090. The number of H-pyrrole nitrogens is 1. The molecular formula is C23H26N2O9. The van der Waals surface area contributed by atoms with Gasteiger partial charge in [-0.3, -0.25) is 19.2 Å². The van der Waals surface area contributed by atoms with Crippen LogP contribution < -0.4 is 10.9 Å². The molecule has 0 saturated carbocycles. The molecule has 2 aromatic rings. The van der Waals surface area contributed by atoms with Gasteiger partial charge in [0, 0.05) is 0 Å². The summed E-state index contributed by atoms with van der Waals surface area (Å²) in [5, 5.41) is 4.27. The lowest BCUT2D eigenvalue weighted by molar-refractivity contribution is -0.176. The molecule has 1 aromatic heterocycles. The number of ether oxygens (including phenoxy) is 3. The molecule has 182 valence electrons. The van der Waals surface area contributed by atoms with Crippen molar-refractivity contribution in [2.75, 3.05) is 6.61 Å². The van der Waals surface area contributed by atoms with Gasteiger partial charge in [-0.15, -0.1) is 0 Å². The molecule has 1 aliphatic heterocycles. The van der Waals surface area contributed by atoms with Gasteiger partial charge in [-0.2, -0.15) is 5.16 Å². The van der Waals surface area contributed by atoms with E-state index in [1.54, 1.807) is 26.0 Å². The topological polar surface area (TPSA) is 154 Å². The average molecular weight is 474 g/mol. The zero-order valence-corrected chi connectivity index (χ0v) is 18.9. The fourth-order valence-electron chi connectivity index (χ4n) is 3.39. The molecule has 2 N–H and O–H groups in total. The first-order chi connectivity index (χ1) is 16.2. The Labute approximate surface area is 194 Å². The molecule has 4 atom stereocenters. The van der Waals surface area contributed by atoms with Gasteiger partial charge in [0.2, 0.25) is 0 Å². The second-order valence-electron chi connectivity index (χ2n) is 8.23.